The first kappa shape index (κ1) is 46.9. The first-order chi connectivity index (χ1) is 31.2. The number of nitrogens with zero attached hydrogens (tertiary/aromatic N) is 3. The van der Waals surface area contributed by atoms with Gasteiger partial charge in [-0.05, 0) is 109 Å². The van der Waals surface area contributed by atoms with Crippen molar-refractivity contribution >= 4 is 52.4 Å². The standard InChI is InChI=1S/C50H62FN4O8PS/c1-30(2)52-49-54-41(29-65-49)40-24-45(37-20-21-44(61-5)32(4)47(37)53-40)62-36-23-42-43(56)26-50(64(59,60)28-38-31(3)14-13-19-39(38)51)25-34(50)16-10-8-6-7-9-15-33(48(58)55(42)27-36)22-46(57)63-35-17-11-12-18-35/h10,13-14,16,19-21,24,29-30,33-36,42H,6-9,11-12,15,17-18,22-23,25-28H2,1-5H3,(H,52,54)(H,59,60)/b16-10-/t33-,34+,36-,42+,50-/m1/s1. The molecule has 0 radical (unpaired) electrons. The SMILES string of the molecule is COc1ccc2c(O[C@@H]3C[C@H]4C(=O)C[C@]5(P(=O)(O)Cc6c(C)cccc6F)C[C@@H]5/C=C\CCCCC[C@H](CC(=O)OC5CCCC5)C(=O)N4C3)cc(-c3csc(NC(C)C)n3)nc2c1C. The maximum atomic E-state index is 15.2. The molecule has 3 fully saturated rings. The summed E-state index contributed by atoms with van der Waals surface area (Å²) in [5.74, 6) is -1.58. The summed E-state index contributed by atoms with van der Waals surface area (Å²) in [5.41, 5.74) is 3.44. The van der Waals surface area contributed by atoms with Crippen LogP contribution in [0.15, 0.2) is 53.9 Å². The van der Waals surface area contributed by atoms with Gasteiger partial charge in [-0.3, -0.25) is 18.9 Å². The molecule has 8 rings (SSSR count). The van der Waals surface area contributed by atoms with E-state index in [1.54, 1.807) is 31.1 Å². The van der Waals surface area contributed by atoms with Gasteiger partial charge in [-0.15, -0.1) is 11.3 Å². The van der Waals surface area contributed by atoms with Crippen LogP contribution >= 0.6 is 18.7 Å². The molecule has 2 aromatic heterocycles. The van der Waals surface area contributed by atoms with Crippen LogP contribution in [-0.4, -0.2) is 80.5 Å². The quantitative estimate of drug-likeness (QED) is 0.0792. The van der Waals surface area contributed by atoms with Crippen molar-refractivity contribution in [3.05, 3.63) is 76.4 Å². The Balaban J connectivity index is 1.15. The Morgan fingerprint density at radius 3 is 2.57 bits per heavy atom. The molecule has 2 saturated carbocycles. The van der Waals surface area contributed by atoms with Gasteiger partial charge in [-0.25, -0.2) is 14.4 Å². The Kier molecular flexibility index (Phi) is 14.2. The largest absolute Gasteiger partial charge is 0.496 e. The second kappa shape index (κ2) is 19.7. The number of hydrogen-bond acceptors (Lipinski definition) is 11. The van der Waals surface area contributed by atoms with Crippen LogP contribution in [0, 0.1) is 31.5 Å². The Morgan fingerprint density at radius 1 is 1.03 bits per heavy atom. The third-order valence-electron chi connectivity index (χ3n) is 13.9. The molecule has 1 unspecified atom stereocenters. The predicted molar refractivity (Wildman–Crippen MR) is 251 cm³/mol. The number of Topliss-reactive ketones (excluding diaryl/α,β-unsaturated/α-hetero) is 1. The fourth-order valence-corrected chi connectivity index (χ4v) is 13.7. The van der Waals surface area contributed by atoms with E-state index in [2.05, 4.69) is 5.32 Å². The fourth-order valence-electron chi connectivity index (χ4n) is 10.2. The number of carbonyl (C=O) groups is 3. The van der Waals surface area contributed by atoms with E-state index in [4.69, 9.17) is 24.2 Å². The second-order valence-electron chi connectivity index (χ2n) is 18.9. The molecular formula is C50H62FN4O8PS. The number of pyridine rings is 1. The Labute approximate surface area is 385 Å². The summed E-state index contributed by atoms with van der Waals surface area (Å²) >= 11 is 1.47. The summed E-state index contributed by atoms with van der Waals surface area (Å²) in [4.78, 5) is 67.0. The van der Waals surface area contributed by atoms with Crippen molar-refractivity contribution in [2.75, 3.05) is 19.0 Å². The highest BCUT2D eigenvalue weighted by Crippen LogP contribution is 2.74. The molecule has 4 aromatic rings. The molecule has 2 aliphatic heterocycles. The van der Waals surface area contributed by atoms with Gasteiger partial charge in [0.1, 0.15) is 35.2 Å². The zero-order valence-corrected chi connectivity index (χ0v) is 39.9. The molecule has 0 bridgehead atoms. The number of ether oxygens (including phenoxy) is 3. The Morgan fingerprint density at radius 2 is 1.82 bits per heavy atom. The van der Waals surface area contributed by atoms with E-state index >= 15 is 14.0 Å². The summed E-state index contributed by atoms with van der Waals surface area (Å²) in [6.45, 7) is 7.79. The monoisotopic (exact) mass is 928 g/mol. The van der Waals surface area contributed by atoms with Gasteiger partial charge in [0.05, 0.1) is 48.6 Å². The maximum Gasteiger partial charge on any atom is 0.306 e. The Hall–Kier alpha value is -4.65. The van der Waals surface area contributed by atoms with Crippen LogP contribution in [0.5, 0.6) is 11.5 Å². The van der Waals surface area contributed by atoms with E-state index in [0.717, 1.165) is 55.6 Å². The normalized spacial score (nSPS) is 25.6. The van der Waals surface area contributed by atoms with Gasteiger partial charge < -0.3 is 29.3 Å². The summed E-state index contributed by atoms with van der Waals surface area (Å²) in [5, 5.41) is 5.43. The summed E-state index contributed by atoms with van der Waals surface area (Å²) in [6, 6.07) is 9.35. The van der Waals surface area contributed by atoms with E-state index in [-0.39, 0.29) is 61.1 Å². The lowest BCUT2D eigenvalue weighted by molar-refractivity contribution is -0.154. The Bertz CT molecular complexity index is 2490. The smallest absolute Gasteiger partial charge is 0.306 e. The van der Waals surface area contributed by atoms with Crippen molar-refractivity contribution in [3.8, 4) is 22.9 Å². The number of ketones is 1. The van der Waals surface area contributed by atoms with Crippen LogP contribution in [0.25, 0.3) is 22.3 Å². The molecule has 4 heterocycles. The summed E-state index contributed by atoms with van der Waals surface area (Å²) in [6.07, 6.45) is 9.97. The molecular weight excluding hydrogens is 867 g/mol. The number of halogens is 1. The maximum absolute atomic E-state index is 15.2. The molecule has 2 aromatic carbocycles. The van der Waals surface area contributed by atoms with E-state index < -0.39 is 48.5 Å². The van der Waals surface area contributed by atoms with Crippen molar-refractivity contribution < 1.29 is 42.4 Å². The highest BCUT2D eigenvalue weighted by Gasteiger charge is 2.65. The number of methoxy groups -OCH3 is 1. The van der Waals surface area contributed by atoms with Gasteiger partial charge in [0.2, 0.25) is 13.3 Å². The molecule has 65 heavy (non-hydrogen) atoms. The number of rotatable bonds is 12. The molecule has 4 aliphatic rings. The van der Waals surface area contributed by atoms with Crippen molar-refractivity contribution in [2.24, 2.45) is 11.8 Å². The predicted octanol–water partition coefficient (Wildman–Crippen LogP) is 10.5. The average molecular weight is 929 g/mol. The van der Waals surface area contributed by atoms with Crippen molar-refractivity contribution in [1.82, 2.24) is 14.9 Å². The van der Waals surface area contributed by atoms with Gasteiger partial charge in [0, 0.05) is 52.8 Å². The van der Waals surface area contributed by atoms with Crippen LogP contribution in [0.2, 0.25) is 0 Å². The van der Waals surface area contributed by atoms with Gasteiger partial charge in [0.15, 0.2) is 10.9 Å². The van der Waals surface area contributed by atoms with E-state index in [0.29, 0.717) is 58.6 Å². The number of nitrogens with one attached hydrogen (secondary N) is 1. The number of hydrogen-bond donors (Lipinski definition) is 2. The fraction of sp³-hybridized carbons (Fsp3) is 0.540. The second-order valence-corrected chi connectivity index (χ2v) is 22.4. The molecule has 15 heteroatoms. The number of anilines is 1. The minimum absolute atomic E-state index is 0.0540. The molecule has 348 valence electrons. The van der Waals surface area contributed by atoms with Crippen LogP contribution in [0.4, 0.5) is 9.52 Å². The van der Waals surface area contributed by atoms with Crippen molar-refractivity contribution in [2.45, 2.75) is 147 Å². The third-order valence-corrected chi connectivity index (χ3v) is 17.5. The van der Waals surface area contributed by atoms with Gasteiger partial charge >= 0.3 is 5.97 Å². The molecule has 12 nitrogen and oxygen atoms in total. The number of aryl methyl sites for hydroxylation is 2. The summed E-state index contributed by atoms with van der Waals surface area (Å²) in [7, 11) is -2.63. The zero-order chi connectivity index (χ0) is 46.0. The van der Waals surface area contributed by atoms with Crippen molar-refractivity contribution in [1.29, 1.82) is 0 Å². The lowest BCUT2D eigenvalue weighted by Crippen LogP contribution is -2.45. The van der Waals surface area contributed by atoms with Gasteiger partial charge in [0.25, 0.3) is 0 Å². The minimum atomic E-state index is -4.23. The van der Waals surface area contributed by atoms with Gasteiger partial charge in [-0.2, -0.15) is 0 Å². The average Bonchev–Trinajstić information content (AvgIpc) is 3.68. The molecule has 1 amide bonds. The van der Waals surface area contributed by atoms with E-state index in [9.17, 15) is 14.3 Å². The van der Waals surface area contributed by atoms with Crippen LogP contribution in [-0.2, 0) is 29.8 Å². The molecule has 2 N–H and O–H groups in total. The number of amides is 1. The van der Waals surface area contributed by atoms with Crippen LogP contribution < -0.4 is 14.8 Å². The third kappa shape index (κ3) is 10.2. The zero-order valence-electron chi connectivity index (χ0n) is 38.1. The van der Waals surface area contributed by atoms with Crippen LogP contribution in [0.1, 0.15) is 114 Å². The molecule has 2 aliphatic carbocycles. The van der Waals surface area contributed by atoms with E-state index in [1.165, 1.54) is 17.4 Å². The first-order valence-electron chi connectivity index (χ1n) is 23.3. The van der Waals surface area contributed by atoms with Crippen LogP contribution in [0.3, 0.4) is 0 Å². The lowest BCUT2D eigenvalue weighted by atomic mass is 9.94. The molecule has 1 saturated heterocycles. The molecule has 6 atom stereocenters. The summed E-state index contributed by atoms with van der Waals surface area (Å²) < 4.78 is 48.4. The first-order valence-corrected chi connectivity index (χ1v) is 26.0. The highest BCUT2D eigenvalue weighted by atomic mass is 32.1. The minimum Gasteiger partial charge on any atom is -0.496 e. The number of esters is 1. The number of allylic oxidation sites excluding steroid dienone is 2. The highest BCUT2D eigenvalue weighted by molar-refractivity contribution is 7.59. The number of carbonyl (C=O) groups excluding carboxylic acids is 3. The molecule has 0 spiro atoms. The number of thiazole rings is 1. The number of fused-ring (bicyclic) bond motifs is 3. The van der Waals surface area contributed by atoms with Gasteiger partial charge in [-0.1, -0.05) is 37.1 Å². The number of aromatic nitrogens is 2. The topological polar surface area (TPSA) is 157 Å². The number of benzene rings is 2. The van der Waals surface area contributed by atoms with E-state index in [1.807, 2.05) is 56.5 Å². The van der Waals surface area contributed by atoms with Crippen molar-refractivity contribution in [3.63, 3.8) is 0 Å². The lowest BCUT2D eigenvalue weighted by Gasteiger charge is -2.30.